The molecule has 7 nitrogen and oxygen atoms in total. The summed E-state index contributed by atoms with van der Waals surface area (Å²) in [5, 5.41) is 2.79. The highest BCUT2D eigenvalue weighted by Gasteiger charge is 2.46. The standard InChI is InChI=1S/C25H30FN3O4/c26-21-11-3-1-8-18(21)17-29-22-12-4-2-10-20(22)24(31)28(25(29)32)14-6-5-13-23(30)27-16-19-9-7-15-33-19/h1,3,7-9,11,15,20,22H,2,4-6,10,12-14,16-17H2,(H,27,30). The maximum absolute atomic E-state index is 14.3. The second-order valence-corrected chi connectivity index (χ2v) is 8.76. The van der Waals surface area contributed by atoms with Crippen molar-refractivity contribution in [1.82, 2.24) is 15.1 Å². The van der Waals surface area contributed by atoms with Crippen LogP contribution < -0.4 is 5.32 Å². The lowest BCUT2D eigenvalue weighted by Crippen LogP contribution is -2.62. The largest absolute Gasteiger partial charge is 0.467 e. The summed E-state index contributed by atoms with van der Waals surface area (Å²) in [7, 11) is 0. The summed E-state index contributed by atoms with van der Waals surface area (Å²) in [6, 6.07) is 9.48. The molecule has 0 spiro atoms. The normalized spacial score (nSPS) is 20.6. The summed E-state index contributed by atoms with van der Waals surface area (Å²) in [6.45, 7) is 0.759. The number of carbonyl (C=O) groups is 3. The number of benzene rings is 1. The van der Waals surface area contributed by atoms with Gasteiger partial charge in [0.1, 0.15) is 11.6 Å². The van der Waals surface area contributed by atoms with E-state index in [0.29, 0.717) is 37.1 Å². The van der Waals surface area contributed by atoms with E-state index in [9.17, 15) is 18.8 Å². The summed E-state index contributed by atoms with van der Waals surface area (Å²) < 4.78 is 19.5. The molecule has 2 fully saturated rings. The van der Waals surface area contributed by atoms with Gasteiger partial charge >= 0.3 is 6.03 Å². The van der Waals surface area contributed by atoms with Crippen LogP contribution in [-0.2, 0) is 22.7 Å². The number of imide groups is 1. The molecule has 1 aromatic carbocycles. The van der Waals surface area contributed by atoms with Crippen LogP contribution in [0.25, 0.3) is 0 Å². The molecular formula is C25H30FN3O4. The zero-order valence-electron chi connectivity index (χ0n) is 18.7. The number of furan rings is 1. The molecule has 2 aliphatic rings. The number of nitrogens with one attached hydrogen (secondary N) is 1. The fraction of sp³-hybridized carbons (Fsp3) is 0.480. The summed E-state index contributed by atoms with van der Waals surface area (Å²) in [4.78, 5) is 41.4. The van der Waals surface area contributed by atoms with Gasteiger partial charge in [-0.3, -0.25) is 14.5 Å². The van der Waals surface area contributed by atoms with Gasteiger partial charge in [-0.25, -0.2) is 9.18 Å². The Balaban J connectivity index is 1.34. The van der Waals surface area contributed by atoms with Crippen LogP contribution in [0.3, 0.4) is 0 Å². The summed E-state index contributed by atoms with van der Waals surface area (Å²) in [6.07, 6.45) is 6.39. The van der Waals surface area contributed by atoms with Crippen molar-refractivity contribution in [2.75, 3.05) is 6.54 Å². The first-order chi connectivity index (χ1) is 16.0. The SMILES string of the molecule is O=C(CCCCN1C(=O)C2CCCCC2N(Cc2ccccc2F)C1=O)NCc1ccco1. The molecule has 1 N–H and O–H groups in total. The van der Waals surface area contributed by atoms with Crippen LogP contribution in [0, 0.1) is 11.7 Å². The van der Waals surface area contributed by atoms with Crippen molar-refractivity contribution >= 4 is 17.8 Å². The number of unbranched alkanes of at least 4 members (excludes halogenated alkanes) is 1. The molecule has 1 saturated carbocycles. The Labute approximate surface area is 192 Å². The molecule has 1 aliphatic heterocycles. The molecule has 33 heavy (non-hydrogen) atoms. The maximum Gasteiger partial charge on any atom is 0.327 e. The second-order valence-electron chi connectivity index (χ2n) is 8.76. The molecule has 1 saturated heterocycles. The van der Waals surface area contributed by atoms with E-state index in [-0.39, 0.29) is 48.7 Å². The van der Waals surface area contributed by atoms with E-state index >= 15 is 0 Å². The molecule has 0 radical (unpaired) electrons. The van der Waals surface area contributed by atoms with Gasteiger partial charge in [0.15, 0.2) is 0 Å². The number of carbonyl (C=O) groups excluding carboxylic acids is 3. The Morgan fingerprint density at radius 2 is 1.91 bits per heavy atom. The van der Waals surface area contributed by atoms with Gasteiger partial charge in [0.05, 0.1) is 25.3 Å². The van der Waals surface area contributed by atoms with E-state index in [1.807, 2.05) is 0 Å². The van der Waals surface area contributed by atoms with Crippen LogP contribution in [0.15, 0.2) is 47.1 Å². The topological polar surface area (TPSA) is 82.9 Å². The predicted molar refractivity (Wildman–Crippen MR) is 119 cm³/mol. The first-order valence-corrected chi connectivity index (χ1v) is 11.7. The van der Waals surface area contributed by atoms with Crippen molar-refractivity contribution < 1.29 is 23.2 Å². The first kappa shape index (κ1) is 23.0. The molecule has 2 heterocycles. The van der Waals surface area contributed by atoms with E-state index < -0.39 is 0 Å². The van der Waals surface area contributed by atoms with Gasteiger partial charge < -0.3 is 14.6 Å². The number of nitrogens with zero attached hydrogens (tertiary/aromatic N) is 2. The summed E-state index contributed by atoms with van der Waals surface area (Å²) in [5.74, 6) is -0.126. The van der Waals surface area contributed by atoms with Crippen LogP contribution >= 0.6 is 0 Å². The smallest absolute Gasteiger partial charge is 0.327 e. The first-order valence-electron chi connectivity index (χ1n) is 11.7. The number of fused-ring (bicyclic) bond motifs is 1. The highest BCUT2D eigenvalue weighted by molar-refractivity contribution is 5.98. The third-order valence-electron chi connectivity index (χ3n) is 6.56. The van der Waals surface area contributed by atoms with Crippen LogP contribution in [0.5, 0.6) is 0 Å². The van der Waals surface area contributed by atoms with Gasteiger partial charge in [-0.2, -0.15) is 0 Å². The van der Waals surface area contributed by atoms with Crippen molar-refractivity contribution in [2.24, 2.45) is 5.92 Å². The lowest BCUT2D eigenvalue weighted by atomic mass is 9.81. The van der Waals surface area contributed by atoms with Crippen LogP contribution in [-0.4, -0.2) is 40.2 Å². The Morgan fingerprint density at radius 1 is 1.09 bits per heavy atom. The molecule has 2 aromatic rings. The number of amides is 4. The zero-order valence-corrected chi connectivity index (χ0v) is 18.7. The number of hydrogen-bond acceptors (Lipinski definition) is 4. The summed E-state index contributed by atoms with van der Waals surface area (Å²) >= 11 is 0. The van der Waals surface area contributed by atoms with E-state index in [0.717, 1.165) is 25.7 Å². The average molecular weight is 456 g/mol. The molecule has 176 valence electrons. The van der Waals surface area contributed by atoms with E-state index in [4.69, 9.17) is 4.42 Å². The molecule has 4 rings (SSSR count). The van der Waals surface area contributed by atoms with Crippen molar-refractivity contribution in [2.45, 2.75) is 64.1 Å². The Kier molecular flexibility index (Phi) is 7.42. The number of halogens is 1. The highest BCUT2D eigenvalue weighted by Crippen LogP contribution is 2.35. The van der Waals surface area contributed by atoms with Gasteiger partial charge in [0.25, 0.3) is 0 Å². The molecule has 1 aliphatic carbocycles. The van der Waals surface area contributed by atoms with E-state index in [1.165, 1.54) is 11.0 Å². The Bertz CT molecular complexity index is 978. The number of rotatable bonds is 9. The molecule has 8 heteroatoms. The molecule has 1 aromatic heterocycles. The molecule has 0 bridgehead atoms. The maximum atomic E-state index is 14.3. The van der Waals surface area contributed by atoms with Crippen molar-refractivity contribution in [3.05, 3.63) is 59.8 Å². The zero-order chi connectivity index (χ0) is 23.2. The minimum atomic E-state index is -0.353. The van der Waals surface area contributed by atoms with Gasteiger partial charge in [-0.1, -0.05) is 31.0 Å². The van der Waals surface area contributed by atoms with E-state index in [1.54, 1.807) is 41.5 Å². The highest BCUT2D eigenvalue weighted by atomic mass is 19.1. The molecule has 4 amide bonds. The van der Waals surface area contributed by atoms with Gasteiger partial charge in [-0.15, -0.1) is 0 Å². The monoisotopic (exact) mass is 455 g/mol. The van der Waals surface area contributed by atoms with Crippen molar-refractivity contribution in [3.8, 4) is 0 Å². The van der Waals surface area contributed by atoms with Gasteiger partial charge in [0, 0.05) is 24.6 Å². The molecule has 2 unspecified atom stereocenters. The average Bonchev–Trinajstić information content (AvgIpc) is 3.35. The number of urea groups is 1. The van der Waals surface area contributed by atoms with Gasteiger partial charge in [-0.05, 0) is 43.9 Å². The predicted octanol–water partition coefficient (Wildman–Crippen LogP) is 4.23. The quantitative estimate of drug-likeness (QED) is 0.574. The summed E-state index contributed by atoms with van der Waals surface area (Å²) in [5.41, 5.74) is 0.456. The van der Waals surface area contributed by atoms with Crippen LogP contribution in [0.4, 0.5) is 9.18 Å². The lowest BCUT2D eigenvalue weighted by Gasteiger charge is -2.47. The number of hydrogen-bond donors (Lipinski definition) is 1. The van der Waals surface area contributed by atoms with Crippen LogP contribution in [0.2, 0.25) is 0 Å². The Hall–Kier alpha value is -3.16. The van der Waals surface area contributed by atoms with Crippen molar-refractivity contribution in [1.29, 1.82) is 0 Å². The second kappa shape index (κ2) is 10.6. The minimum Gasteiger partial charge on any atom is -0.467 e. The third kappa shape index (κ3) is 5.43. The lowest BCUT2D eigenvalue weighted by molar-refractivity contribution is -0.140. The minimum absolute atomic E-state index is 0.101. The Morgan fingerprint density at radius 3 is 2.70 bits per heavy atom. The van der Waals surface area contributed by atoms with Gasteiger partial charge in [0.2, 0.25) is 11.8 Å². The fourth-order valence-corrected chi connectivity index (χ4v) is 4.81. The van der Waals surface area contributed by atoms with Crippen molar-refractivity contribution in [3.63, 3.8) is 0 Å². The fourth-order valence-electron chi connectivity index (χ4n) is 4.81. The van der Waals surface area contributed by atoms with Crippen LogP contribution in [0.1, 0.15) is 56.3 Å². The molecular weight excluding hydrogens is 425 g/mol. The molecule has 2 atom stereocenters. The third-order valence-corrected chi connectivity index (χ3v) is 6.56. The van der Waals surface area contributed by atoms with E-state index in [2.05, 4.69) is 5.32 Å².